The standard InChI is InChI=1S/C31H23NO6/c1-36-28-19-21(11-17-27(28)37-20-22-7-3-2-4-8-22)12-18-29(33)38-24-15-13-23(14-16-24)32-30(34)25-9-5-6-10-26(25)31(32)35/h2-19H,20H2,1H3/b18-12+. The molecular formula is C31H23NO6. The highest BCUT2D eigenvalue weighted by molar-refractivity contribution is 6.34. The third-order valence-electron chi connectivity index (χ3n) is 5.94. The Hall–Kier alpha value is -5.17. The van der Waals surface area contributed by atoms with Crippen LogP contribution in [-0.2, 0) is 11.4 Å². The lowest BCUT2D eigenvalue weighted by Gasteiger charge is -2.14. The highest BCUT2D eigenvalue weighted by Crippen LogP contribution is 2.31. The Bertz CT molecular complexity index is 1490. The first-order valence-corrected chi connectivity index (χ1v) is 11.9. The van der Waals surface area contributed by atoms with Crippen LogP contribution in [0.25, 0.3) is 6.08 Å². The molecule has 188 valence electrons. The maximum Gasteiger partial charge on any atom is 0.336 e. The Balaban J connectivity index is 1.20. The van der Waals surface area contributed by atoms with Crippen LogP contribution in [0.5, 0.6) is 17.2 Å². The van der Waals surface area contributed by atoms with Gasteiger partial charge in [0.15, 0.2) is 11.5 Å². The number of benzene rings is 4. The summed E-state index contributed by atoms with van der Waals surface area (Å²) in [6, 6.07) is 28.0. The summed E-state index contributed by atoms with van der Waals surface area (Å²) in [5, 5.41) is 0. The fourth-order valence-electron chi connectivity index (χ4n) is 4.04. The van der Waals surface area contributed by atoms with Crippen LogP contribution in [0.1, 0.15) is 31.8 Å². The van der Waals surface area contributed by atoms with E-state index in [1.807, 2.05) is 36.4 Å². The Morgan fingerprint density at radius 2 is 1.45 bits per heavy atom. The summed E-state index contributed by atoms with van der Waals surface area (Å²) in [4.78, 5) is 38.8. The molecule has 0 saturated heterocycles. The molecule has 1 aliphatic rings. The molecule has 1 heterocycles. The topological polar surface area (TPSA) is 82.1 Å². The predicted molar refractivity (Wildman–Crippen MR) is 142 cm³/mol. The maximum atomic E-state index is 12.7. The van der Waals surface area contributed by atoms with Gasteiger partial charge < -0.3 is 14.2 Å². The molecule has 0 radical (unpaired) electrons. The molecule has 7 nitrogen and oxygen atoms in total. The number of carbonyl (C=O) groups excluding carboxylic acids is 3. The van der Waals surface area contributed by atoms with Crippen molar-refractivity contribution in [2.75, 3.05) is 12.0 Å². The molecule has 0 aromatic heterocycles. The Kier molecular flexibility index (Phi) is 6.99. The monoisotopic (exact) mass is 505 g/mol. The molecule has 0 unspecified atom stereocenters. The van der Waals surface area contributed by atoms with Gasteiger partial charge in [0, 0.05) is 6.08 Å². The highest BCUT2D eigenvalue weighted by atomic mass is 16.5. The van der Waals surface area contributed by atoms with Gasteiger partial charge in [-0.1, -0.05) is 48.5 Å². The molecule has 0 aliphatic carbocycles. The largest absolute Gasteiger partial charge is 0.493 e. The first-order chi connectivity index (χ1) is 18.5. The molecule has 0 saturated carbocycles. The minimum absolute atomic E-state index is 0.280. The number of methoxy groups -OCH3 is 1. The molecule has 2 amide bonds. The predicted octanol–water partition coefficient (Wildman–Crippen LogP) is 5.69. The molecule has 0 spiro atoms. The van der Waals surface area contributed by atoms with E-state index in [2.05, 4.69) is 0 Å². The molecule has 38 heavy (non-hydrogen) atoms. The number of nitrogens with zero attached hydrogens (tertiary/aromatic N) is 1. The lowest BCUT2D eigenvalue weighted by molar-refractivity contribution is -0.128. The van der Waals surface area contributed by atoms with Crippen molar-refractivity contribution in [3.05, 3.63) is 125 Å². The van der Waals surface area contributed by atoms with E-state index < -0.39 is 5.97 Å². The van der Waals surface area contributed by atoms with Crippen LogP contribution in [0, 0.1) is 0 Å². The van der Waals surface area contributed by atoms with E-state index in [0.29, 0.717) is 34.9 Å². The maximum absolute atomic E-state index is 12.7. The lowest BCUT2D eigenvalue weighted by atomic mass is 10.1. The van der Waals surface area contributed by atoms with Crippen molar-refractivity contribution >= 4 is 29.5 Å². The van der Waals surface area contributed by atoms with Crippen LogP contribution < -0.4 is 19.1 Å². The fourth-order valence-corrected chi connectivity index (χ4v) is 4.04. The quantitative estimate of drug-likeness (QED) is 0.132. The molecule has 5 rings (SSSR count). The number of hydrogen-bond acceptors (Lipinski definition) is 6. The number of hydrogen-bond donors (Lipinski definition) is 0. The van der Waals surface area contributed by atoms with Crippen molar-refractivity contribution in [3.63, 3.8) is 0 Å². The molecule has 7 heteroatoms. The van der Waals surface area contributed by atoms with Crippen LogP contribution in [0.3, 0.4) is 0 Å². The second kappa shape index (κ2) is 10.8. The zero-order chi connectivity index (χ0) is 26.5. The summed E-state index contributed by atoms with van der Waals surface area (Å²) in [7, 11) is 1.55. The van der Waals surface area contributed by atoms with Gasteiger partial charge in [-0.05, 0) is 65.7 Å². The SMILES string of the molecule is COc1cc(/C=C/C(=O)Oc2ccc(N3C(=O)c4ccccc4C3=O)cc2)ccc1OCc1ccccc1. The third kappa shape index (κ3) is 5.17. The van der Waals surface area contributed by atoms with Crippen molar-refractivity contribution in [1.29, 1.82) is 0 Å². The minimum Gasteiger partial charge on any atom is -0.493 e. The molecular weight excluding hydrogens is 482 g/mol. The Labute approximate surface area is 219 Å². The minimum atomic E-state index is -0.582. The number of amides is 2. The van der Waals surface area contributed by atoms with Gasteiger partial charge in [-0.2, -0.15) is 0 Å². The van der Waals surface area contributed by atoms with E-state index in [9.17, 15) is 14.4 Å². The van der Waals surface area contributed by atoms with Gasteiger partial charge >= 0.3 is 5.97 Å². The number of carbonyl (C=O) groups is 3. The van der Waals surface area contributed by atoms with E-state index in [0.717, 1.165) is 16.0 Å². The third-order valence-corrected chi connectivity index (χ3v) is 5.94. The first kappa shape index (κ1) is 24.5. The molecule has 0 fully saturated rings. The summed E-state index contributed by atoms with van der Waals surface area (Å²) in [5.74, 6) is 0.0638. The number of rotatable bonds is 8. The molecule has 4 aromatic carbocycles. The number of imide groups is 1. The van der Waals surface area contributed by atoms with E-state index in [1.165, 1.54) is 18.2 Å². The van der Waals surface area contributed by atoms with Gasteiger partial charge in [-0.25, -0.2) is 9.69 Å². The molecule has 0 N–H and O–H groups in total. The van der Waals surface area contributed by atoms with Gasteiger partial charge in [0.1, 0.15) is 12.4 Å². The Morgan fingerprint density at radius 3 is 2.11 bits per heavy atom. The average molecular weight is 506 g/mol. The second-order valence-corrected chi connectivity index (χ2v) is 8.42. The zero-order valence-corrected chi connectivity index (χ0v) is 20.5. The summed E-state index contributed by atoms with van der Waals surface area (Å²) in [6.07, 6.45) is 2.91. The molecule has 0 bridgehead atoms. The van der Waals surface area contributed by atoms with Crippen LogP contribution in [0.4, 0.5) is 5.69 Å². The second-order valence-electron chi connectivity index (χ2n) is 8.42. The highest BCUT2D eigenvalue weighted by Gasteiger charge is 2.36. The van der Waals surface area contributed by atoms with Crippen molar-refractivity contribution in [3.8, 4) is 17.2 Å². The number of esters is 1. The smallest absolute Gasteiger partial charge is 0.336 e. The van der Waals surface area contributed by atoms with E-state index in [1.54, 1.807) is 61.7 Å². The fraction of sp³-hybridized carbons (Fsp3) is 0.0645. The van der Waals surface area contributed by atoms with E-state index in [4.69, 9.17) is 14.2 Å². The van der Waals surface area contributed by atoms with Crippen LogP contribution >= 0.6 is 0 Å². The van der Waals surface area contributed by atoms with Gasteiger partial charge in [0.25, 0.3) is 11.8 Å². The number of fused-ring (bicyclic) bond motifs is 1. The summed E-state index contributed by atoms with van der Waals surface area (Å²) in [5.41, 5.74) is 2.90. The van der Waals surface area contributed by atoms with Crippen molar-refractivity contribution < 1.29 is 28.6 Å². The summed E-state index contributed by atoms with van der Waals surface area (Å²) >= 11 is 0. The van der Waals surface area contributed by atoms with Crippen molar-refractivity contribution in [2.45, 2.75) is 6.61 Å². The van der Waals surface area contributed by atoms with Crippen molar-refractivity contribution in [1.82, 2.24) is 0 Å². The van der Waals surface area contributed by atoms with Gasteiger partial charge in [0.2, 0.25) is 0 Å². The zero-order valence-electron chi connectivity index (χ0n) is 20.5. The normalized spacial score (nSPS) is 12.5. The van der Waals surface area contributed by atoms with Gasteiger partial charge in [0.05, 0.1) is 23.9 Å². The van der Waals surface area contributed by atoms with Crippen LogP contribution in [0.15, 0.2) is 103 Å². The summed E-state index contributed by atoms with van der Waals surface area (Å²) in [6.45, 7) is 0.407. The number of anilines is 1. The Morgan fingerprint density at radius 1 is 0.789 bits per heavy atom. The van der Waals surface area contributed by atoms with Gasteiger partial charge in [-0.15, -0.1) is 0 Å². The van der Waals surface area contributed by atoms with Gasteiger partial charge in [-0.3, -0.25) is 9.59 Å². The summed E-state index contributed by atoms with van der Waals surface area (Å²) < 4.78 is 16.7. The van der Waals surface area contributed by atoms with Crippen LogP contribution in [0.2, 0.25) is 0 Å². The average Bonchev–Trinajstić information content (AvgIpc) is 3.21. The van der Waals surface area contributed by atoms with Crippen molar-refractivity contribution in [2.24, 2.45) is 0 Å². The van der Waals surface area contributed by atoms with E-state index >= 15 is 0 Å². The molecule has 0 atom stereocenters. The lowest BCUT2D eigenvalue weighted by Crippen LogP contribution is -2.29. The first-order valence-electron chi connectivity index (χ1n) is 11.9. The molecule has 1 aliphatic heterocycles. The molecule has 4 aromatic rings. The number of ether oxygens (including phenoxy) is 3. The van der Waals surface area contributed by atoms with Crippen LogP contribution in [-0.4, -0.2) is 24.9 Å². The van der Waals surface area contributed by atoms with E-state index in [-0.39, 0.29) is 17.6 Å².